The van der Waals surface area contributed by atoms with Crippen LogP contribution in [0.1, 0.15) is 16.7 Å². The summed E-state index contributed by atoms with van der Waals surface area (Å²) in [6, 6.07) is 13.5. The fourth-order valence-corrected chi connectivity index (χ4v) is 5.05. The van der Waals surface area contributed by atoms with Gasteiger partial charge in [-0.25, -0.2) is 8.42 Å². The van der Waals surface area contributed by atoms with Gasteiger partial charge in [0.1, 0.15) is 6.07 Å². The van der Waals surface area contributed by atoms with Gasteiger partial charge >= 0.3 is 6.18 Å². The Balaban J connectivity index is 2.05. The second-order valence-electron chi connectivity index (χ2n) is 7.41. The lowest BCUT2D eigenvalue weighted by Gasteiger charge is -2.28. The van der Waals surface area contributed by atoms with E-state index in [-0.39, 0.29) is 31.8 Å². The number of aliphatic hydroxyl groups is 1. The van der Waals surface area contributed by atoms with Crippen LogP contribution in [0.15, 0.2) is 71.6 Å². The van der Waals surface area contributed by atoms with Gasteiger partial charge in [0.2, 0.25) is 0 Å². The molecule has 0 radical (unpaired) electrons. The van der Waals surface area contributed by atoms with Gasteiger partial charge in [-0.1, -0.05) is 35.3 Å². The molecule has 0 heterocycles. The first-order valence-corrected chi connectivity index (χ1v) is 12.1. The Bertz CT molecular complexity index is 1400. The number of sulfone groups is 1. The smallest absolute Gasteiger partial charge is 0.374 e. The van der Waals surface area contributed by atoms with E-state index in [0.29, 0.717) is 12.1 Å². The van der Waals surface area contributed by atoms with E-state index < -0.39 is 38.8 Å². The molecule has 0 aliphatic carbocycles. The Morgan fingerprint density at radius 1 is 0.971 bits per heavy atom. The van der Waals surface area contributed by atoms with Crippen LogP contribution in [0.5, 0.6) is 0 Å². The van der Waals surface area contributed by atoms with Gasteiger partial charge in [-0.05, 0) is 60.2 Å². The van der Waals surface area contributed by atoms with Crippen molar-refractivity contribution in [3.63, 3.8) is 0 Å². The number of nitrogens with zero attached hydrogens (tertiary/aromatic N) is 1. The van der Waals surface area contributed by atoms with Crippen LogP contribution in [0.2, 0.25) is 10.0 Å². The van der Waals surface area contributed by atoms with Crippen LogP contribution < -0.4 is 5.32 Å². The lowest BCUT2D eigenvalue weighted by molar-refractivity contribution is -0.137. The summed E-state index contributed by atoms with van der Waals surface area (Å²) in [5.74, 6) is -2.43. The van der Waals surface area contributed by atoms with Crippen LogP contribution >= 0.6 is 23.2 Å². The van der Waals surface area contributed by atoms with Crippen LogP contribution in [0.4, 0.5) is 18.9 Å². The zero-order valence-electron chi connectivity index (χ0n) is 17.5. The third-order valence-electron chi connectivity index (χ3n) is 4.98. The second kappa shape index (κ2) is 9.87. The number of nitrogens with one attached hydrogen (secondary N) is 1. The third-order valence-corrected chi connectivity index (χ3v) is 7.34. The summed E-state index contributed by atoms with van der Waals surface area (Å²) in [5.41, 5.74) is -4.12. The van der Waals surface area contributed by atoms with Crippen LogP contribution in [-0.4, -0.2) is 25.2 Å². The fourth-order valence-electron chi connectivity index (χ4n) is 3.13. The topological polar surface area (TPSA) is 107 Å². The number of carbonyl (C=O) groups excluding carboxylic acids is 1. The maximum atomic E-state index is 13.2. The molecule has 6 nitrogen and oxygen atoms in total. The molecule has 1 amide bonds. The van der Waals surface area contributed by atoms with Crippen molar-refractivity contribution in [2.45, 2.75) is 16.7 Å². The highest BCUT2D eigenvalue weighted by Gasteiger charge is 2.43. The molecule has 0 spiro atoms. The maximum Gasteiger partial charge on any atom is 0.416 e. The molecule has 1 atom stereocenters. The summed E-state index contributed by atoms with van der Waals surface area (Å²) in [6.07, 6.45) is -4.69. The first-order valence-electron chi connectivity index (χ1n) is 9.66. The van der Waals surface area contributed by atoms with E-state index in [9.17, 15) is 31.5 Å². The van der Waals surface area contributed by atoms with E-state index in [1.165, 1.54) is 42.5 Å². The quantitative estimate of drug-likeness (QED) is 0.446. The number of hydrogen-bond acceptors (Lipinski definition) is 5. The molecule has 0 aliphatic rings. The molecule has 0 aromatic heterocycles. The number of amides is 1. The summed E-state index contributed by atoms with van der Waals surface area (Å²) < 4.78 is 65.1. The summed E-state index contributed by atoms with van der Waals surface area (Å²) in [7, 11) is -4.34. The van der Waals surface area contributed by atoms with E-state index in [1.54, 1.807) is 0 Å². The van der Waals surface area contributed by atoms with Gasteiger partial charge in [-0.3, -0.25) is 4.79 Å². The lowest BCUT2D eigenvalue weighted by Crippen LogP contribution is -2.46. The molecule has 3 aromatic carbocycles. The minimum atomic E-state index is -4.69. The molecule has 0 aliphatic heterocycles. The average molecular weight is 543 g/mol. The van der Waals surface area contributed by atoms with Gasteiger partial charge in [0.05, 0.1) is 26.8 Å². The standard InChI is InChI=1S/C23H15Cl2F3N2O4S/c24-17-6-9-19(10-7-17)35(33,34)13-22(32,15-2-4-16(5-3-15)23(26,27)28)21(31)30-18-8-1-14(12-29)20(25)11-18/h1-11,32H,13H2,(H,30,31). The Kier molecular flexibility index (Phi) is 7.48. The number of benzene rings is 3. The minimum Gasteiger partial charge on any atom is -0.374 e. The summed E-state index contributed by atoms with van der Waals surface area (Å²) >= 11 is 11.7. The molecule has 12 heteroatoms. The van der Waals surface area contributed by atoms with E-state index in [0.717, 1.165) is 12.1 Å². The molecule has 0 bridgehead atoms. The minimum absolute atomic E-state index is 0.0165. The van der Waals surface area contributed by atoms with Gasteiger partial charge in [-0.2, -0.15) is 18.4 Å². The Morgan fingerprint density at radius 2 is 1.54 bits per heavy atom. The molecule has 0 saturated carbocycles. The highest BCUT2D eigenvalue weighted by molar-refractivity contribution is 7.91. The maximum absolute atomic E-state index is 13.2. The SMILES string of the molecule is N#Cc1ccc(NC(=O)C(O)(CS(=O)(=O)c2ccc(Cl)cc2)c2ccc(C(F)(F)F)cc2)cc1Cl. The van der Waals surface area contributed by atoms with Crippen molar-refractivity contribution in [2.24, 2.45) is 0 Å². The predicted molar refractivity (Wildman–Crippen MR) is 124 cm³/mol. The number of hydrogen-bond donors (Lipinski definition) is 2. The number of carbonyl (C=O) groups is 1. The van der Waals surface area contributed by atoms with Crippen LogP contribution in [0.25, 0.3) is 0 Å². The van der Waals surface area contributed by atoms with Crippen molar-refractivity contribution in [1.29, 1.82) is 5.26 Å². The summed E-state index contributed by atoms with van der Waals surface area (Å²) in [5, 5.41) is 22.9. The fraction of sp³-hybridized carbons (Fsp3) is 0.130. The second-order valence-corrected chi connectivity index (χ2v) is 10.2. The molecule has 0 fully saturated rings. The Hall–Kier alpha value is -3.10. The number of halogens is 5. The lowest BCUT2D eigenvalue weighted by atomic mass is 9.93. The first kappa shape index (κ1) is 26.5. The monoisotopic (exact) mass is 542 g/mol. The van der Waals surface area contributed by atoms with Crippen LogP contribution in [0, 0.1) is 11.3 Å². The predicted octanol–water partition coefficient (Wildman–Crippen LogP) is 5.18. The van der Waals surface area contributed by atoms with Gasteiger partial charge in [0, 0.05) is 10.7 Å². The highest BCUT2D eigenvalue weighted by Crippen LogP contribution is 2.33. The zero-order valence-corrected chi connectivity index (χ0v) is 19.8. The van der Waals surface area contributed by atoms with E-state index in [4.69, 9.17) is 28.5 Å². The van der Waals surface area contributed by atoms with Crippen molar-refractivity contribution < 1.29 is 31.5 Å². The van der Waals surface area contributed by atoms with Gasteiger partial charge in [0.25, 0.3) is 5.91 Å². The van der Waals surface area contributed by atoms with E-state index >= 15 is 0 Å². The molecule has 2 N–H and O–H groups in total. The Labute approximate surface area is 208 Å². The van der Waals surface area contributed by atoms with Gasteiger partial charge < -0.3 is 10.4 Å². The van der Waals surface area contributed by atoms with Crippen LogP contribution in [-0.2, 0) is 26.4 Å². The Morgan fingerprint density at radius 3 is 2.06 bits per heavy atom. The molecule has 3 aromatic rings. The largest absolute Gasteiger partial charge is 0.416 e. The first-order chi connectivity index (χ1) is 16.3. The van der Waals surface area contributed by atoms with E-state index in [1.807, 2.05) is 6.07 Å². The molecular weight excluding hydrogens is 528 g/mol. The molecule has 35 heavy (non-hydrogen) atoms. The number of alkyl halides is 3. The van der Waals surface area contributed by atoms with Crippen molar-refractivity contribution >= 4 is 44.6 Å². The van der Waals surface area contributed by atoms with Crippen molar-refractivity contribution in [3.05, 3.63) is 93.5 Å². The van der Waals surface area contributed by atoms with Gasteiger partial charge in [0.15, 0.2) is 15.4 Å². The summed E-state index contributed by atoms with van der Waals surface area (Å²) in [4.78, 5) is 12.9. The summed E-state index contributed by atoms with van der Waals surface area (Å²) in [6.45, 7) is 0. The molecule has 182 valence electrons. The average Bonchev–Trinajstić information content (AvgIpc) is 2.78. The molecular formula is C23H15Cl2F3N2O4S. The highest BCUT2D eigenvalue weighted by atomic mass is 35.5. The number of rotatable bonds is 6. The number of anilines is 1. The van der Waals surface area contributed by atoms with Crippen molar-refractivity contribution in [3.8, 4) is 6.07 Å². The van der Waals surface area contributed by atoms with Gasteiger partial charge in [-0.15, -0.1) is 0 Å². The zero-order chi connectivity index (χ0) is 26.0. The molecule has 1 unspecified atom stereocenters. The number of nitriles is 1. The molecule has 0 saturated heterocycles. The molecule has 3 rings (SSSR count). The van der Waals surface area contributed by atoms with E-state index in [2.05, 4.69) is 5.32 Å². The third kappa shape index (κ3) is 5.94. The van der Waals surface area contributed by atoms with Crippen LogP contribution in [0.3, 0.4) is 0 Å². The normalized spacial score (nSPS) is 13.5. The van der Waals surface area contributed by atoms with Crippen molar-refractivity contribution in [2.75, 3.05) is 11.1 Å². The van der Waals surface area contributed by atoms with Crippen molar-refractivity contribution in [1.82, 2.24) is 0 Å².